The zero-order chi connectivity index (χ0) is 8.39. The highest BCUT2D eigenvalue weighted by atomic mass is 32.1. The SMILES string of the molecule is Oc1ccc(-c2cscn2)nc1. The van der Waals surface area contributed by atoms with E-state index in [0.29, 0.717) is 0 Å². The first-order valence-corrected chi connectivity index (χ1v) is 4.34. The first kappa shape index (κ1) is 7.24. The summed E-state index contributed by atoms with van der Waals surface area (Å²) < 4.78 is 0. The van der Waals surface area contributed by atoms with E-state index in [9.17, 15) is 0 Å². The maximum Gasteiger partial charge on any atom is 0.133 e. The highest BCUT2D eigenvalue weighted by molar-refractivity contribution is 7.07. The molecule has 2 heterocycles. The van der Waals surface area contributed by atoms with Crippen LogP contribution in [-0.2, 0) is 0 Å². The lowest BCUT2D eigenvalue weighted by molar-refractivity contribution is 0.473. The molecule has 2 rings (SSSR count). The second kappa shape index (κ2) is 2.91. The van der Waals surface area contributed by atoms with Crippen LogP contribution in [0.5, 0.6) is 5.75 Å². The Hall–Kier alpha value is -1.42. The first-order valence-electron chi connectivity index (χ1n) is 3.40. The van der Waals surface area contributed by atoms with E-state index < -0.39 is 0 Å². The Kier molecular flexibility index (Phi) is 1.75. The van der Waals surface area contributed by atoms with Crippen molar-refractivity contribution < 1.29 is 5.11 Å². The highest BCUT2D eigenvalue weighted by Gasteiger charge is 1.99. The fourth-order valence-corrected chi connectivity index (χ4v) is 1.42. The molecular weight excluding hydrogens is 172 g/mol. The van der Waals surface area contributed by atoms with Gasteiger partial charge in [-0.2, -0.15) is 0 Å². The van der Waals surface area contributed by atoms with Crippen molar-refractivity contribution in [2.24, 2.45) is 0 Å². The van der Waals surface area contributed by atoms with Crippen molar-refractivity contribution in [3.63, 3.8) is 0 Å². The third-order valence-electron chi connectivity index (χ3n) is 1.44. The van der Waals surface area contributed by atoms with Crippen molar-refractivity contribution in [1.82, 2.24) is 9.97 Å². The van der Waals surface area contributed by atoms with E-state index in [1.54, 1.807) is 17.6 Å². The number of pyridine rings is 1. The van der Waals surface area contributed by atoms with Gasteiger partial charge in [0.05, 0.1) is 23.1 Å². The summed E-state index contributed by atoms with van der Waals surface area (Å²) in [4.78, 5) is 8.11. The number of aromatic hydroxyl groups is 1. The minimum Gasteiger partial charge on any atom is -0.506 e. The Morgan fingerprint density at radius 1 is 1.17 bits per heavy atom. The van der Waals surface area contributed by atoms with Crippen LogP contribution in [0.2, 0.25) is 0 Å². The summed E-state index contributed by atoms with van der Waals surface area (Å²) >= 11 is 1.53. The molecule has 0 spiro atoms. The molecule has 0 aliphatic heterocycles. The van der Waals surface area contributed by atoms with E-state index in [-0.39, 0.29) is 5.75 Å². The van der Waals surface area contributed by atoms with Crippen molar-refractivity contribution in [2.45, 2.75) is 0 Å². The number of hydrogen-bond acceptors (Lipinski definition) is 4. The van der Waals surface area contributed by atoms with Gasteiger partial charge >= 0.3 is 0 Å². The van der Waals surface area contributed by atoms with Gasteiger partial charge in [0, 0.05) is 5.38 Å². The number of rotatable bonds is 1. The molecule has 0 saturated carbocycles. The fourth-order valence-electron chi connectivity index (χ4n) is 0.877. The van der Waals surface area contributed by atoms with E-state index in [2.05, 4.69) is 9.97 Å². The van der Waals surface area contributed by atoms with Crippen molar-refractivity contribution >= 4 is 11.3 Å². The van der Waals surface area contributed by atoms with Gasteiger partial charge in [0.25, 0.3) is 0 Å². The Bertz CT molecular complexity index is 355. The molecule has 2 aromatic heterocycles. The predicted molar refractivity (Wildman–Crippen MR) is 47.0 cm³/mol. The third-order valence-corrected chi connectivity index (χ3v) is 2.03. The Morgan fingerprint density at radius 3 is 2.67 bits per heavy atom. The minimum absolute atomic E-state index is 0.175. The standard InChI is InChI=1S/C8H6N2OS/c11-6-1-2-7(9-3-6)8-4-12-5-10-8/h1-5,11H. The molecule has 0 saturated heterocycles. The molecule has 60 valence electrons. The van der Waals surface area contributed by atoms with Crippen molar-refractivity contribution in [2.75, 3.05) is 0 Å². The second-order valence-corrected chi connectivity index (χ2v) is 2.99. The molecule has 0 aromatic carbocycles. The monoisotopic (exact) mass is 178 g/mol. The molecular formula is C8H6N2OS. The normalized spacial score (nSPS) is 10.0. The van der Waals surface area contributed by atoms with Gasteiger partial charge in [-0.05, 0) is 12.1 Å². The summed E-state index contributed by atoms with van der Waals surface area (Å²) in [6, 6.07) is 3.34. The minimum atomic E-state index is 0.175. The number of nitrogens with zero attached hydrogens (tertiary/aromatic N) is 2. The van der Waals surface area contributed by atoms with Crippen LogP contribution < -0.4 is 0 Å². The second-order valence-electron chi connectivity index (χ2n) is 2.28. The van der Waals surface area contributed by atoms with E-state index in [0.717, 1.165) is 11.4 Å². The van der Waals surface area contributed by atoms with Crippen LogP contribution in [0.15, 0.2) is 29.2 Å². The van der Waals surface area contributed by atoms with Crippen LogP contribution in [0.1, 0.15) is 0 Å². The molecule has 2 aromatic rings. The van der Waals surface area contributed by atoms with Crippen molar-refractivity contribution in [3.05, 3.63) is 29.2 Å². The van der Waals surface area contributed by atoms with Crippen LogP contribution >= 0.6 is 11.3 Å². The summed E-state index contributed by atoms with van der Waals surface area (Å²) in [6.45, 7) is 0. The largest absolute Gasteiger partial charge is 0.506 e. The maximum atomic E-state index is 8.97. The third kappa shape index (κ3) is 1.29. The Balaban J connectivity index is 2.43. The van der Waals surface area contributed by atoms with Crippen LogP contribution in [0.3, 0.4) is 0 Å². The summed E-state index contributed by atoms with van der Waals surface area (Å²) in [5, 5.41) is 10.9. The molecule has 0 unspecified atom stereocenters. The van der Waals surface area contributed by atoms with E-state index >= 15 is 0 Å². The van der Waals surface area contributed by atoms with E-state index in [1.807, 2.05) is 5.38 Å². The number of hydrogen-bond donors (Lipinski definition) is 1. The molecule has 0 aliphatic rings. The van der Waals surface area contributed by atoms with Gasteiger partial charge in [0.15, 0.2) is 0 Å². The van der Waals surface area contributed by atoms with Crippen LogP contribution in [0, 0.1) is 0 Å². The molecule has 0 aliphatic carbocycles. The summed E-state index contributed by atoms with van der Waals surface area (Å²) in [5.74, 6) is 0.175. The van der Waals surface area contributed by atoms with Crippen LogP contribution in [0.4, 0.5) is 0 Å². The summed E-state index contributed by atoms with van der Waals surface area (Å²) in [6.07, 6.45) is 1.41. The molecule has 1 N–H and O–H groups in total. The zero-order valence-electron chi connectivity index (χ0n) is 6.14. The molecule has 0 atom stereocenters. The topological polar surface area (TPSA) is 46.0 Å². The van der Waals surface area contributed by atoms with Gasteiger partial charge in [-0.25, -0.2) is 4.98 Å². The first-order chi connectivity index (χ1) is 5.86. The Labute approximate surface area is 73.4 Å². The van der Waals surface area contributed by atoms with Gasteiger partial charge in [-0.15, -0.1) is 11.3 Å². The zero-order valence-corrected chi connectivity index (χ0v) is 6.95. The smallest absolute Gasteiger partial charge is 0.133 e. The van der Waals surface area contributed by atoms with E-state index in [1.165, 1.54) is 17.5 Å². The fraction of sp³-hybridized carbons (Fsp3) is 0. The van der Waals surface area contributed by atoms with Crippen LogP contribution in [0.25, 0.3) is 11.4 Å². The van der Waals surface area contributed by atoms with E-state index in [4.69, 9.17) is 5.11 Å². The van der Waals surface area contributed by atoms with Crippen molar-refractivity contribution in [1.29, 1.82) is 0 Å². The quantitative estimate of drug-likeness (QED) is 0.725. The lowest BCUT2D eigenvalue weighted by Gasteiger charge is -1.94. The number of aromatic nitrogens is 2. The molecule has 3 nitrogen and oxygen atoms in total. The van der Waals surface area contributed by atoms with Gasteiger partial charge < -0.3 is 5.11 Å². The average Bonchev–Trinajstić information content (AvgIpc) is 2.58. The maximum absolute atomic E-state index is 8.97. The average molecular weight is 178 g/mol. The molecule has 0 bridgehead atoms. The van der Waals surface area contributed by atoms with Gasteiger partial charge in [0.2, 0.25) is 0 Å². The molecule has 0 radical (unpaired) electrons. The lowest BCUT2D eigenvalue weighted by atomic mass is 10.3. The molecule has 0 fully saturated rings. The van der Waals surface area contributed by atoms with Gasteiger partial charge in [0.1, 0.15) is 5.75 Å². The van der Waals surface area contributed by atoms with Gasteiger partial charge in [-0.1, -0.05) is 0 Å². The predicted octanol–water partition coefficient (Wildman–Crippen LogP) is 1.91. The summed E-state index contributed by atoms with van der Waals surface area (Å²) in [7, 11) is 0. The van der Waals surface area contributed by atoms with Crippen molar-refractivity contribution in [3.8, 4) is 17.1 Å². The highest BCUT2D eigenvalue weighted by Crippen LogP contribution is 2.17. The molecule has 0 amide bonds. The molecule has 4 heteroatoms. The lowest BCUT2D eigenvalue weighted by Crippen LogP contribution is -1.80. The number of thiazole rings is 1. The Morgan fingerprint density at radius 2 is 2.08 bits per heavy atom. The molecule has 12 heavy (non-hydrogen) atoms. The van der Waals surface area contributed by atoms with Gasteiger partial charge in [-0.3, -0.25) is 4.98 Å². The summed E-state index contributed by atoms with van der Waals surface area (Å²) in [5.41, 5.74) is 3.39. The van der Waals surface area contributed by atoms with Crippen LogP contribution in [-0.4, -0.2) is 15.1 Å².